The smallest absolute Gasteiger partial charge is 0.303 e. The molecule has 2 aliphatic heterocycles. The molecule has 5 aromatic rings. The highest BCUT2D eigenvalue weighted by molar-refractivity contribution is 7.99. The van der Waals surface area contributed by atoms with Crippen molar-refractivity contribution in [2.24, 2.45) is 5.92 Å². The zero-order valence-corrected chi connectivity index (χ0v) is 39.9. The van der Waals surface area contributed by atoms with Crippen LogP contribution in [0.25, 0.3) is 22.6 Å². The van der Waals surface area contributed by atoms with E-state index in [0.717, 1.165) is 39.1 Å². The van der Waals surface area contributed by atoms with Crippen LogP contribution in [0.5, 0.6) is 0 Å². The molecule has 2 saturated heterocycles. The molecule has 0 bridgehead atoms. The third kappa shape index (κ3) is 13.0. The number of nitrogens with zero attached hydrogens (tertiary/aromatic N) is 1. The number of aliphatic hydroxyl groups excluding tert-OH is 1. The van der Waals surface area contributed by atoms with Crippen molar-refractivity contribution in [2.45, 2.75) is 108 Å². The molecule has 358 valence electrons. The van der Waals surface area contributed by atoms with Gasteiger partial charge in [0, 0.05) is 69.0 Å². The van der Waals surface area contributed by atoms with E-state index in [0.29, 0.717) is 28.3 Å². The predicted octanol–water partition coefficient (Wildman–Crippen LogP) is 8.02. The minimum absolute atomic E-state index is 0.00314. The molecule has 0 radical (unpaired) electrons. The van der Waals surface area contributed by atoms with Gasteiger partial charge in [0.1, 0.15) is 24.5 Å². The van der Waals surface area contributed by atoms with Gasteiger partial charge in [-0.05, 0) is 16.7 Å². The minimum atomic E-state index is -1.29. The standard InChI is InChI=1S/C51H54N2O13S2/c1-29-42(28-68-51-53-44(36-12-8-6-9-13-36)46(66-51)37-14-10-7-11-15-37)64-50(65-45(29)38-20-18-35(26-54)19-21-38)39-22-16-34(17-23-39)25-52-43(67)24-40-47(60-31(3)56)49(62-33(5)58)48(61-32(4)57)41(63-40)27-59-30(2)55/h6-23,29,40-42,45,47-50,54H,24-28H2,1-5H3,(H,52,67). The Labute approximate surface area is 404 Å². The fourth-order valence-corrected chi connectivity index (χ4v) is 9.36. The van der Waals surface area contributed by atoms with Gasteiger partial charge in [0.05, 0.1) is 23.8 Å². The highest BCUT2D eigenvalue weighted by Gasteiger charge is 2.52. The number of esters is 4. The molecule has 2 fully saturated rings. The van der Waals surface area contributed by atoms with Gasteiger partial charge >= 0.3 is 23.9 Å². The van der Waals surface area contributed by atoms with Crippen LogP contribution in [0, 0.1) is 5.92 Å². The Kier molecular flexibility index (Phi) is 17.2. The first-order chi connectivity index (χ1) is 32.8. The third-order valence-electron chi connectivity index (χ3n) is 11.4. The first-order valence-electron chi connectivity index (χ1n) is 22.2. The molecular formula is C51H54N2O13S2. The van der Waals surface area contributed by atoms with E-state index >= 15 is 0 Å². The van der Waals surface area contributed by atoms with Gasteiger partial charge in [-0.25, -0.2) is 4.98 Å². The Morgan fingerprint density at radius 2 is 1.25 bits per heavy atom. The van der Waals surface area contributed by atoms with Crippen molar-refractivity contribution >= 4 is 52.8 Å². The van der Waals surface area contributed by atoms with Gasteiger partial charge < -0.3 is 48.0 Å². The van der Waals surface area contributed by atoms with E-state index in [-0.39, 0.29) is 37.8 Å². The molecule has 9 atom stereocenters. The molecule has 0 spiro atoms. The number of thioether (sulfide) groups is 1. The molecule has 1 aromatic heterocycles. The number of aromatic nitrogens is 1. The van der Waals surface area contributed by atoms with Crippen molar-refractivity contribution in [3.8, 4) is 22.6 Å². The number of hydrogen-bond acceptors (Lipinski definition) is 16. The number of ether oxygens (including phenoxy) is 7. The summed E-state index contributed by atoms with van der Waals surface area (Å²) in [6.45, 7) is 6.74. The summed E-state index contributed by atoms with van der Waals surface area (Å²) < 4.78 is 48.0. The van der Waals surface area contributed by atoms with Crippen molar-refractivity contribution in [3.63, 3.8) is 0 Å². The largest absolute Gasteiger partial charge is 0.463 e. The van der Waals surface area contributed by atoms with Crippen LogP contribution < -0.4 is 5.32 Å². The van der Waals surface area contributed by atoms with E-state index in [1.807, 2.05) is 109 Å². The second-order valence-electron chi connectivity index (χ2n) is 16.5. The maximum Gasteiger partial charge on any atom is 0.303 e. The van der Waals surface area contributed by atoms with E-state index in [1.54, 1.807) is 0 Å². The summed E-state index contributed by atoms with van der Waals surface area (Å²) in [6.07, 6.45) is -7.19. The number of benzene rings is 4. The number of rotatable bonds is 17. The van der Waals surface area contributed by atoms with Crippen LogP contribution in [0.15, 0.2) is 119 Å². The van der Waals surface area contributed by atoms with Crippen molar-refractivity contribution in [3.05, 3.63) is 131 Å². The van der Waals surface area contributed by atoms with Gasteiger partial charge in [-0.15, -0.1) is 0 Å². The van der Waals surface area contributed by atoms with Crippen molar-refractivity contribution < 1.29 is 61.9 Å². The lowest BCUT2D eigenvalue weighted by Gasteiger charge is -2.44. The van der Waals surface area contributed by atoms with Crippen molar-refractivity contribution in [1.29, 1.82) is 0 Å². The number of thiocarbonyl (C=S) groups is 1. The molecule has 9 unspecified atom stereocenters. The summed E-state index contributed by atoms with van der Waals surface area (Å²) in [7, 11) is 0. The molecular weight excluding hydrogens is 913 g/mol. The van der Waals surface area contributed by atoms with Gasteiger partial charge in [-0.2, -0.15) is 0 Å². The Bertz CT molecular complexity index is 2450. The summed E-state index contributed by atoms with van der Waals surface area (Å²) in [4.78, 5) is 53.8. The summed E-state index contributed by atoms with van der Waals surface area (Å²) in [6, 6.07) is 35.3. The number of carbonyl (C=O) groups excluding carboxylic acids is 4. The maximum absolute atomic E-state index is 12.3. The highest BCUT2D eigenvalue weighted by atomic mass is 32.2. The quantitative estimate of drug-likeness (QED) is 0.0394. The van der Waals surface area contributed by atoms with E-state index in [2.05, 4.69) is 12.2 Å². The van der Waals surface area contributed by atoms with Crippen molar-refractivity contribution in [1.82, 2.24) is 10.3 Å². The molecule has 4 aromatic carbocycles. The van der Waals surface area contributed by atoms with Gasteiger partial charge in [-0.1, -0.05) is 140 Å². The molecule has 0 amide bonds. The normalized spacial score (nSPS) is 23.5. The summed E-state index contributed by atoms with van der Waals surface area (Å²) in [5.74, 6) is -1.61. The number of nitrogens with one attached hydrogen (secondary N) is 1. The molecule has 2 aliphatic rings. The molecule has 15 nitrogen and oxygen atoms in total. The summed E-state index contributed by atoms with van der Waals surface area (Å²) >= 11 is 7.22. The summed E-state index contributed by atoms with van der Waals surface area (Å²) in [5.41, 5.74) is 6.06. The van der Waals surface area contributed by atoms with E-state index in [4.69, 9.17) is 54.8 Å². The lowest BCUT2D eigenvalue weighted by atomic mass is 9.91. The zero-order valence-electron chi connectivity index (χ0n) is 38.2. The van der Waals surface area contributed by atoms with Crippen LogP contribution >= 0.6 is 24.0 Å². The molecule has 0 aliphatic carbocycles. The van der Waals surface area contributed by atoms with E-state index in [1.165, 1.54) is 39.5 Å². The second kappa shape index (κ2) is 23.4. The van der Waals surface area contributed by atoms with Crippen LogP contribution in [0.4, 0.5) is 0 Å². The van der Waals surface area contributed by atoms with Gasteiger partial charge in [0.25, 0.3) is 5.22 Å². The van der Waals surface area contributed by atoms with Gasteiger partial charge in [0.15, 0.2) is 30.4 Å². The molecule has 3 heterocycles. The van der Waals surface area contributed by atoms with Gasteiger partial charge in [0.2, 0.25) is 0 Å². The Balaban J connectivity index is 1.06. The Morgan fingerprint density at radius 1 is 0.676 bits per heavy atom. The monoisotopic (exact) mass is 966 g/mol. The third-order valence-corrected chi connectivity index (χ3v) is 12.6. The topological polar surface area (TPSA) is 191 Å². The highest BCUT2D eigenvalue weighted by Crippen LogP contribution is 2.44. The second-order valence-corrected chi connectivity index (χ2v) is 17.9. The SMILES string of the molecule is CC(=O)OCC1OC(CC(=S)NCc2ccc(C3OC(CSc4nc(-c5ccccc5)c(-c5ccccc5)o4)C(C)C(c4ccc(CO)cc4)O3)cc2)C(OC(C)=O)C(OC(C)=O)C1OC(C)=O. The van der Waals surface area contributed by atoms with Crippen LogP contribution in [0.2, 0.25) is 0 Å². The lowest BCUT2D eigenvalue weighted by Crippen LogP contribution is -2.62. The van der Waals surface area contributed by atoms with E-state index < -0.39 is 60.7 Å². The first-order valence-corrected chi connectivity index (χ1v) is 23.6. The number of carbonyl (C=O) groups is 4. The van der Waals surface area contributed by atoms with Crippen molar-refractivity contribution in [2.75, 3.05) is 12.4 Å². The number of aliphatic hydroxyl groups is 1. The minimum Gasteiger partial charge on any atom is -0.463 e. The molecule has 2 N–H and O–H groups in total. The van der Waals surface area contributed by atoms with Crippen LogP contribution in [-0.4, -0.2) is 87.9 Å². The molecule has 0 saturated carbocycles. The average molecular weight is 967 g/mol. The average Bonchev–Trinajstić information content (AvgIpc) is 3.76. The van der Waals surface area contributed by atoms with Crippen LogP contribution in [-0.2, 0) is 65.5 Å². The van der Waals surface area contributed by atoms with Crippen LogP contribution in [0.1, 0.15) is 75.7 Å². The molecule has 68 heavy (non-hydrogen) atoms. The molecule has 7 rings (SSSR count). The Hall–Kier alpha value is -5.95. The zero-order chi connectivity index (χ0) is 48.3. The predicted molar refractivity (Wildman–Crippen MR) is 254 cm³/mol. The number of hydrogen-bond donors (Lipinski definition) is 2. The fourth-order valence-electron chi connectivity index (χ4n) is 8.13. The van der Waals surface area contributed by atoms with Crippen LogP contribution in [0.3, 0.4) is 0 Å². The molecule has 17 heteroatoms. The first kappa shape index (κ1) is 49.9. The van der Waals surface area contributed by atoms with Gasteiger partial charge in [-0.3, -0.25) is 19.2 Å². The lowest BCUT2D eigenvalue weighted by molar-refractivity contribution is -0.268. The number of oxazole rings is 1. The van der Waals surface area contributed by atoms with E-state index in [9.17, 15) is 24.3 Å². The summed E-state index contributed by atoms with van der Waals surface area (Å²) in [5, 5.41) is 13.5. The Morgan fingerprint density at radius 3 is 1.85 bits per heavy atom. The fraction of sp³-hybridized carbons (Fsp3) is 0.373. The maximum atomic E-state index is 12.3.